The summed E-state index contributed by atoms with van der Waals surface area (Å²) in [6.45, 7) is -0.173. The lowest BCUT2D eigenvalue weighted by Gasteiger charge is -2.48. The van der Waals surface area contributed by atoms with Gasteiger partial charge in [0.1, 0.15) is 48.4 Å². The molecule has 1 fully saturated rings. The summed E-state index contributed by atoms with van der Waals surface area (Å²) in [4.78, 5) is 30.4. The first-order chi connectivity index (χ1) is 31.9. The standard InChI is InChI=1S/C47H48N4O15/c48-45(49)43(64-33(56)17-32(54)55)42-37(57)44(58)47(59)13-11-25-27(19-51-18-23-12-14-50-36(23)28(51)20-52)34-31(16-30(25)63-46(47)66-42)62-38-24(22-6-2-1-3-7-22)8-4-5-15-60-40-29(61-21-53)10-9-26-35(38)41(34)65-39(26)40/h1-3,6-7,9-10,12,14,16,24,35,37-38,41-46,52-53,57-59H,5,11,13,15,17-21,48-49H2,(H,54,55). The van der Waals surface area contributed by atoms with Crippen molar-refractivity contribution in [2.24, 2.45) is 16.5 Å². The molecule has 4 bridgehead atoms. The van der Waals surface area contributed by atoms with E-state index in [2.05, 4.69) is 16.8 Å². The number of ether oxygens (including phenoxy) is 7. The Labute approximate surface area is 377 Å². The number of aliphatic hydroxyl groups excluding tert-OH is 4. The van der Waals surface area contributed by atoms with E-state index in [1.165, 1.54) is 0 Å². The summed E-state index contributed by atoms with van der Waals surface area (Å²) in [5.74, 6) is 4.54. The molecular formula is C47H48N4O15. The second-order valence-corrected chi connectivity index (χ2v) is 17.1. The molecule has 10 atom stereocenters. The van der Waals surface area contributed by atoms with Crippen LogP contribution in [0.25, 0.3) is 0 Å². The van der Waals surface area contributed by atoms with Gasteiger partial charge in [-0.15, -0.1) is 0 Å². The van der Waals surface area contributed by atoms with Gasteiger partial charge in [0, 0.05) is 54.1 Å². The average molecular weight is 909 g/mol. The number of benzene rings is 3. The van der Waals surface area contributed by atoms with Crippen molar-refractivity contribution in [3.05, 3.63) is 99.4 Å². The fourth-order valence-corrected chi connectivity index (χ4v) is 10.3. The molecule has 0 aromatic heterocycles. The molecule has 0 spiro atoms. The molecule has 19 heteroatoms. The molecular weight excluding hydrogens is 861 g/mol. The van der Waals surface area contributed by atoms with Gasteiger partial charge in [-0.3, -0.25) is 14.6 Å². The zero-order valence-electron chi connectivity index (χ0n) is 35.3. The number of esters is 1. The van der Waals surface area contributed by atoms with Crippen molar-refractivity contribution < 1.29 is 73.4 Å². The Balaban J connectivity index is 1.14. The number of carboxylic acids is 1. The fraction of sp³-hybridized carbons (Fsp3) is 0.426. The SMILES string of the molecule is NC(N)C(OC(=O)CC(=O)O)C1OC2Oc3cc4c(c(CN5CC6=CC=NC6=C5CO)c3CCC2(O)C(O)C1O)C1Oc2c3ccc(OCO)c2OCCC#CC(c2ccccc2)C(O4)C31. The van der Waals surface area contributed by atoms with Crippen molar-refractivity contribution in [3.63, 3.8) is 0 Å². The molecule has 0 amide bonds. The maximum absolute atomic E-state index is 12.5. The number of allylic oxidation sites excluding steroid dienone is 1. The Kier molecular flexibility index (Phi) is 11.4. The summed E-state index contributed by atoms with van der Waals surface area (Å²) in [5.41, 5.74) is 15.4. The van der Waals surface area contributed by atoms with Crippen LogP contribution in [0.5, 0.6) is 28.7 Å². The third kappa shape index (κ3) is 7.30. The number of carboxylic acid groups (broad SMARTS) is 1. The molecule has 7 aliphatic heterocycles. The fourth-order valence-electron chi connectivity index (χ4n) is 10.3. The average Bonchev–Trinajstić information content (AvgIpc) is 3.97. The van der Waals surface area contributed by atoms with Crippen LogP contribution in [-0.4, -0.2) is 129 Å². The Bertz CT molecular complexity index is 2610. The molecule has 1 saturated heterocycles. The van der Waals surface area contributed by atoms with Crippen molar-refractivity contribution in [2.75, 3.05) is 26.6 Å². The Hall–Kier alpha value is -6.21. The number of nitrogens with two attached hydrogens (primary N) is 2. The van der Waals surface area contributed by atoms with Crippen LogP contribution in [0.2, 0.25) is 0 Å². The largest absolute Gasteiger partial charge is 0.487 e. The minimum atomic E-state index is -2.28. The van der Waals surface area contributed by atoms with E-state index in [1.807, 2.05) is 47.4 Å². The Morgan fingerprint density at radius 1 is 1.05 bits per heavy atom. The van der Waals surface area contributed by atoms with Gasteiger partial charge in [0.15, 0.2) is 30.0 Å². The van der Waals surface area contributed by atoms with Crippen LogP contribution in [0.1, 0.15) is 65.0 Å². The van der Waals surface area contributed by atoms with E-state index in [0.29, 0.717) is 58.3 Å². The second-order valence-electron chi connectivity index (χ2n) is 17.1. The van der Waals surface area contributed by atoms with Crippen molar-refractivity contribution in [3.8, 4) is 40.6 Å². The van der Waals surface area contributed by atoms with Gasteiger partial charge in [0.25, 0.3) is 0 Å². The van der Waals surface area contributed by atoms with Crippen molar-refractivity contribution in [1.29, 1.82) is 0 Å². The van der Waals surface area contributed by atoms with Gasteiger partial charge in [0.2, 0.25) is 12.0 Å². The smallest absolute Gasteiger partial charge is 0.317 e. The van der Waals surface area contributed by atoms with Crippen LogP contribution in [0.4, 0.5) is 0 Å². The van der Waals surface area contributed by atoms with Gasteiger partial charge in [0.05, 0.1) is 42.6 Å². The van der Waals surface area contributed by atoms with Crippen LogP contribution >= 0.6 is 0 Å². The number of aliphatic carboxylic acids is 1. The molecule has 7 heterocycles. The van der Waals surface area contributed by atoms with Crippen molar-refractivity contribution in [1.82, 2.24) is 4.90 Å². The number of aliphatic imine (C=N–C) groups is 1. The predicted octanol–water partition coefficient (Wildman–Crippen LogP) is 0.726. The lowest BCUT2D eigenvalue weighted by molar-refractivity contribution is -0.329. The molecule has 3 aromatic carbocycles. The second kappa shape index (κ2) is 17.2. The summed E-state index contributed by atoms with van der Waals surface area (Å²) < 4.78 is 44.4. The summed E-state index contributed by atoms with van der Waals surface area (Å²) in [7, 11) is 0. The molecule has 66 heavy (non-hydrogen) atoms. The Morgan fingerprint density at radius 3 is 2.62 bits per heavy atom. The van der Waals surface area contributed by atoms with Crippen LogP contribution in [0.3, 0.4) is 0 Å². The monoisotopic (exact) mass is 908 g/mol. The van der Waals surface area contributed by atoms with Crippen LogP contribution in [-0.2, 0) is 32.0 Å². The number of rotatable bonds is 11. The summed E-state index contributed by atoms with van der Waals surface area (Å²) in [6, 6.07) is 15.0. The molecule has 3 aromatic rings. The highest BCUT2D eigenvalue weighted by atomic mass is 16.7. The molecule has 0 radical (unpaired) electrons. The molecule has 10 unspecified atom stereocenters. The highest BCUT2D eigenvalue weighted by Crippen LogP contribution is 2.62. The summed E-state index contributed by atoms with van der Waals surface area (Å²) >= 11 is 0. The maximum atomic E-state index is 12.5. The van der Waals surface area contributed by atoms with Crippen molar-refractivity contribution in [2.45, 2.75) is 98.7 Å². The number of hydrogen-bond acceptors (Lipinski definition) is 18. The maximum Gasteiger partial charge on any atom is 0.317 e. The lowest BCUT2D eigenvalue weighted by atomic mass is 9.75. The lowest BCUT2D eigenvalue weighted by Crippen LogP contribution is -2.71. The van der Waals surface area contributed by atoms with E-state index < -0.39 is 91.7 Å². The van der Waals surface area contributed by atoms with E-state index in [4.69, 9.17) is 44.6 Å². The molecule has 346 valence electrons. The van der Waals surface area contributed by atoms with Crippen molar-refractivity contribution >= 4 is 18.2 Å². The number of aliphatic hydroxyl groups is 5. The van der Waals surface area contributed by atoms with Gasteiger partial charge in [-0.2, -0.15) is 0 Å². The number of hydrogen-bond donors (Lipinski definition) is 8. The quantitative estimate of drug-likeness (QED) is 0.0570. The van der Waals surface area contributed by atoms with E-state index in [9.17, 15) is 40.2 Å². The Morgan fingerprint density at radius 2 is 1.86 bits per heavy atom. The van der Waals surface area contributed by atoms with Gasteiger partial charge < -0.3 is 80.2 Å². The number of carbonyl (C=O) groups excluding carboxylic acids is 1. The molecule has 7 aliphatic rings. The molecule has 0 aliphatic carbocycles. The zero-order chi connectivity index (χ0) is 46.0. The molecule has 19 nitrogen and oxygen atoms in total. The third-order valence-electron chi connectivity index (χ3n) is 13.3. The molecule has 0 saturated carbocycles. The number of carbonyl (C=O) groups is 2. The predicted molar refractivity (Wildman–Crippen MR) is 228 cm³/mol. The van der Waals surface area contributed by atoms with Gasteiger partial charge in [-0.1, -0.05) is 48.2 Å². The number of nitrogens with zero attached hydrogens (tertiary/aromatic N) is 2. The molecule has 10 rings (SSSR count). The van der Waals surface area contributed by atoms with E-state index in [0.717, 1.165) is 16.7 Å². The third-order valence-corrected chi connectivity index (χ3v) is 13.3. The normalized spacial score (nSPS) is 29.2. The van der Waals surface area contributed by atoms with E-state index >= 15 is 0 Å². The number of fused-ring (bicyclic) bond motifs is 5. The van der Waals surface area contributed by atoms with Crippen LogP contribution in [0, 0.1) is 11.8 Å². The highest BCUT2D eigenvalue weighted by molar-refractivity contribution is 5.90. The van der Waals surface area contributed by atoms with Gasteiger partial charge >= 0.3 is 11.9 Å². The first kappa shape index (κ1) is 43.7. The molecule has 10 N–H and O–H groups in total. The van der Waals surface area contributed by atoms with E-state index in [-0.39, 0.29) is 44.1 Å². The van der Waals surface area contributed by atoms with E-state index in [1.54, 1.807) is 18.3 Å². The van der Waals surface area contributed by atoms with Crippen LogP contribution in [0.15, 0.2) is 76.6 Å². The zero-order valence-corrected chi connectivity index (χ0v) is 35.3. The topological polar surface area (TPSA) is 288 Å². The minimum absolute atomic E-state index is 0.0463. The minimum Gasteiger partial charge on any atom is -0.487 e. The first-order valence-electron chi connectivity index (χ1n) is 21.6. The summed E-state index contributed by atoms with van der Waals surface area (Å²) in [6.07, 6.45) is -9.31. The highest BCUT2D eigenvalue weighted by Gasteiger charge is 2.60. The summed E-state index contributed by atoms with van der Waals surface area (Å²) in [5, 5.41) is 65.4. The van der Waals surface area contributed by atoms with Gasteiger partial charge in [-0.25, -0.2) is 0 Å². The van der Waals surface area contributed by atoms with Crippen LogP contribution < -0.4 is 35.2 Å². The first-order valence-corrected chi connectivity index (χ1v) is 21.6. The van der Waals surface area contributed by atoms with Gasteiger partial charge in [-0.05, 0) is 36.1 Å².